The number of amides is 1. The fraction of sp³-hybridized carbons (Fsp3) is 0.533. The lowest BCUT2D eigenvalue weighted by molar-refractivity contribution is -0.123. The Hall–Kier alpha value is -1.06. The molecule has 1 aliphatic rings. The van der Waals surface area contributed by atoms with Crippen LogP contribution in [-0.4, -0.2) is 18.0 Å². The Morgan fingerprint density at radius 3 is 2.84 bits per heavy atom. The molecule has 4 heteroatoms. The molecule has 1 aliphatic carbocycles. The molecule has 1 atom stereocenters. The normalized spacial score (nSPS) is 17.4. The molecule has 2 rings (SSSR count). The summed E-state index contributed by atoms with van der Waals surface area (Å²) in [5.74, 6) is 0.0916. The number of carbonyl (C=O) groups is 1. The number of rotatable bonds is 5. The van der Waals surface area contributed by atoms with Gasteiger partial charge in [-0.25, -0.2) is 0 Å². The third-order valence-corrected chi connectivity index (χ3v) is 3.83. The highest BCUT2D eigenvalue weighted by molar-refractivity contribution is 6.30. The van der Waals surface area contributed by atoms with Crippen LogP contribution in [0.25, 0.3) is 0 Å². The monoisotopic (exact) mass is 280 g/mol. The number of hydrogen-bond donors (Lipinski definition) is 2. The van der Waals surface area contributed by atoms with E-state index in [2.05, 4.69) is 10.6 Å². The van der Waals surface area contributed by atoms with E-state index in [1.807, 2.05) is 31.2 Å². The van der Waals surface area contributed by atoms with Crippen molar-refractivity contribution in [2.24, 2.45) is 0 Å². The first kappa shape index (κ1) is 14.4. The van der Waals surface area contributed by atoms with Crippen LogP contribution in [-0.2, 0) is 11.3 Å². The maximum absolute atomic E-state index is 12.0. The largest absolute Gasteiger partial charge is 0.352 e. The summed E-state index contributed by atoms with van der Waals surface area (Å²) in [6.07, 6.45) is 4.70. The Morgan fingerprint density at radius 2 is 2.16 bits per heavy atom. The van der Waals surface area contributed by atoms with Gasteiger partial charge in [0.05, 0.1) is 6.04 Å². The third kappa shape index (κ3) is 4.51. The summed E-state index contributed by atoms with van der Waals surface area (Å²) in [6.45, 7) is 2.55. The summed E-state index contributed by atoms with van der Waals surface area (Å²) in [5.41, 5.74) is 1.09. The second-order valence-corrected chi connectivity index (χ2v) is 5.66. The molecule has 3 nitrogen and oxygen atoms in total. The van der Waals surface area contributed by atoms with Crippen LogP contribution in [0.3, 0.4) is 0 Å². The summed E-state index contributed by atoms with van der Waals surface area (Å²) in [5, 5.41) is 7.05. The van der Waals surface area contributed by atoms with E-state index in [-0.39, 0.29) is 11.9 Å². The predicted molar refractivity (Wildman–Crippen MR) is 78.2 cm³/mol. The van der Waals surface area contributed by atoms with Gasteiger partial charge < -0.3 is 10.6 Å². The summed E-state index contributed by atoms with van der Waals surface area (Å²) < 4.78 is 0. The molecule has 1 aromatic carbocycles. The van der Waals surface area contributed by atoms with Crippen molar-refractivity contribution in [3.05, 3.63) is 34.9 Å². The number of benzene rings is 1. The van der Waals surface area contributed by atoms with E-state index in [9.17, 15) is 4.79 Å². The van der Waals surface area contributed by atoms with E-state index in [0.29, 0.717) is 12.6 Å². The van der Waals surface area contributed by atoms with Gasteiger partial charge in [0.2, 0.25) is 5.91 Å². The van der Waals surface area contributed by atoms with Gasteiger partial charge in [-0.15, -0.1) is 0 Å². The van der Waals surface area contributed by atoms with Crippen molar-refractivity contribution in [3.63, 3.8) is 0 Å². The van der Waals surface area contributed by atoms with Gasteiger partial charge in [0.15, 0.2) is 0 Å². The molecular formula is C15H21ClN2O. The van der Waals surface area contributed by atoms with Crippen molar-refractivity contribution >= 4 is 17.5 Å². The molecule has 0 bridgehead atoms. The second-order valence-electron chi connectivity index (χ2n) is 5.22. The maximum atomic E-state index is 12.0. The zero-order valence-electron chi connectivity index (χ0n) is 11.3. The number of halogens is 1. The van der Waals surface area contributed by atoms with E-state index < -0.39 is 0 Å². The van der Waals surface area contributed by atoms with Gasteiger partial charge in [0.1, 0.15) is 0 Å². The Kier molecular flexibility index (Phi) is 5.23. The molecule has 0 radical (unpaired) electrons. The summed E-state index contributed by atoms with van der Waals surface area (Å²) in [4.78, 5) is 12.0. The topological polar surface area (TPSA) is 41.1 Å². The molecule has 1 saturated carbocycles. The van der Waals surface area contributed by atoms with Crippen molar-refractivity contribution in [2.45, 2.75) is 51.2 Å². The molecule has 19 heavy (non-hydrogen) atoms. The lowest BCUT2D eigenvalue weighted by atomic mass is 10.2. The Labute approximate surface area is 119 Å². The minimum absolute atomic E-state index is 0.0916. The molecule has 1 fully saturated rings. The van der Waals surface area contributed by atoms with E-state index in [0.717, 1.165) is 23.4 Å². The van der Waals surface area contributed by atoms with Crippen LogP contribution < -0.4 is 10.6 Å². The molecule has 1 amide bonds. The second kappa shape index (κ2) is 6.92. The minimum atomic E-state index is -0.181. The van der Waals surface area contributed by atoms with Crippen molar-refractivity contribution in [3.8, 4) is 0 Å². The van der Waals surface area contributed by atoms with Gasteiger partial charge in [-0.05, 0) is 37.5 Å². The first-order valence-electron chi connectivity index (χ1n) is 6.93. The highest BCUT2D eigenvalue weighted by Gasteiger charge is 2.20. The maximum Gasteiger partial charge on any atom is 0.237 e. The molecular weight excluding hydrogens is 260 g/mol. The molecule has 1 unspecified atom stereocenters. The Bertz CT molecular complexity index is 430. The zero-order valence-corrected chi connectivity index (χ0v) is 12.0. The Balaban J connectivity index is 1.76. The van der Waals surface area contributed by atoms with Gasteiger partial charge in [0.25, 0.3) is 0 Å². The lowest BCUT2D eigenvalue weighted by Crippen LogP contribution is -2.45. The molecule has 0 spiro atoms. The van der Waals surface area contributed by atoms with Crippen LogP contribution in [0, 0.1) is 0 Å². The molecule has 1 aromatic rings. The third-order valence-electron chi connectivity index (χ3n) is 3.60. The van der Waals surface area contributed by atoms with Crippen LogP contribution in [0.5, 0.6) is 0 Å². The minimum Gasteiger partial charge on any atom is -0.352 e. The Morgan fingerprint density at radius 1 is 1.42 bits per heavy atom. The van der Waals surface area contributed by atoms with E-state index >= 15 is 0 Å². The molecule has 0 saturated heterocycles. The lowest BCUT2D eigenvalue weighted by Gasteiger charge is -2.17. The average Bonchev–Trinajstić information content (AvgIpc) is 2.89. The molecule has 0 aromatic heterocycles. The SMILES string of the molecule is CC(NCc1cccc(Cl)c1)C(=O)NC1CCCC1. The predicted octanol–water partition coefficient (Wildman–Crippen LogP) is 2.88. The highest BCUT2D eigenvalue weighted by Crippen LogP contribution is 2.17. The average molecular weight is 281 g/mol. The van der Waals surface area contributed by atoms with Gasteiger partial charge in [-0.2, -0.15) is 0 Å². The van der Waals surface area contributed by atoms with Crippen LogP contribution in [0.1, 0.15) is 38.2 Å². The van der Waals surface area contributed by atoms with E-state index in [4.69, 9.17) is 11.6 Å². The molecule has 0 heterocycles. The fourth-order valence-electron chi connectivity index (χ4n) is 2.41. The molecule has 2 N–H and O–H groups in total. The summed E-state index contributed by atoms with van der Waals surface area (Å²) in [6, 6.07) is 7.88. The first-order chi connectivity index (χ1) is 9.15. The smallest absolute Gasteiger partial charge is 0.237 e. The highest BCUT2D eigenvalue weighted by atomic mass is 35.5. The van der Waals surface area contributed by atoms with Crippen LogP contribution in [0.15, 0.2) is 24.3 Å². The zero-order chi connectivity index (χ0) is 13.7. The van der Waals surface area contributed by atoms with Gasteiger partial charge in [-0.1, -0.05) is 36.6 Å². The van der Waals surface area contributed by atoms with Crippen LogP contribution in [0.4, 0.5) is 0 Å². The van der Waals surface area contributed by atoms with Gasteiger partial charge in [0, 0.05) is 17.6 Å². The molecule has 104 valence electrons. The van der Waals surface area contributed by atoms with Crippen molar-refractivity contribution in [1.29, 1.82) is 0 Å². The fourth-order valence-corrected chi connectivity index (χ4v) is 2.62. The molecule has 0 aliphatic heterocycles. The first-order valence-corrected chi connectivity index (χ1v) is 7.31. The van der Waals surface area contributed by atoms with Crippen LogP contribution in [0.2, 0.25) is 5.02 Å². The van der Waals surface area contributed by atoms with Crippen molar-refractivity contribution < 1.29 is 4.79 Å². The number of hydrogen-bond acceptors (Lipinski definition) is 2. The number of nitrogens with one attached hydrogen (secondary N) is 2. The van der Waals surface area contributed by atoms with Gasteiger partial charge in [-0.3, -0.25) is 4.79 Å². The van der Waals surface area contributed by atoms with Crippen molar-refractivity contribution in [1.82, 2.24) is 10.6 Å². The summed E-state index contributed by atoms with van der Waals surface area (Å²) in [7, 11) is 0. The van der Waals surface area contributed by atoms with E-state index in [1.165, 1.54) is 12.8 Å². The van der Waals surface area contributed by atoms with Crippen LogP contribution >= 0.6 is 11.6 Å². The number of carbonyl (C=O) groups excluding carboxylic acids is 1. The summed E-state index contributed by atoms with van der Waals surface area (Å²) >= 11 is 5.93. The quantitative estimate of drug-likeness (QED) is 0.871. The standard InChI is InChI=1S/C15H21ClN2O/c1-11(15(19)18-14-7-2-3-8-14)17-10-12-5-4-6-13(16)9-12/h4-6,9,11,14,17H,2-3,7-8,10H2,1H3,(H,18,19). The van der Waals surface area contributed by atoms with Crippen molar-refractivity contribution in [2.75, 3.05) is 0 Å². The van der Waals surface area contributed by atoms with E-state index in [1.54, 1.807) is 0 Å². The van der Waals surface area contributed by atoms with Gasteiger partial charge >= 0.3 is 0 Å².